The van der Waals surface area contributed by atoms with Gasteiger partial charge in [0.05, 0.1) is 0 Å². The van der Waals surface area contributed by atoms with E-state index < -0.39 is 0 Å². The molecule has 100 valence electrons. The average molecular weight is 254 g/mol. The van der Waals surface area contributed by atoms with E-state index in [2.05, 4.69) is 51.1 Å². The zero-order chi connectivity index (χ0) is 13.7. The topological polar surface area (TPSA) is 20.2 Å². The van der Waals surface area contributed by atoms with Crippen LogP contribution in [0.25, 0.3) is 0 Å². The first-order valence-electron chi connectivity index (χ1n) is 7.10. The molecule has 1 N–H and O–H groups in total. The highest BCUT2D eigenvalue weighted by Gasteiger charge is 2.51. The molecule has 1 nitrogen and oxygen atoms in total. The first kappa shape index (κ1) is 12.5. The molecule has 2 aliphatic carbocycles. The number of rotatable bonds is 1. The fraction of sp³-hybridized carbons (Fsp3) is 0.444. The van der Waals surface area contributed by atoms with Crippen molar-refractivity contribution in [3.05, 3.63) is 53.6 Å². The molecule has 2 aliphatic rings. The van der Waals surface area contributed by atoms with Gasteiger partial charge in [-0.3, -0.25) is 0 Å². The minimum atomic E-state index is 0.174. The van der Waals surface area contributed by atoms with Gasteiger partial charge in [0.15, 0.2) is 0 Å². The Labute approximate surface area is 115 Å². The second-order valence-corrected chi connectivity index (χ2v) is 6.86. The number of fused-ring (bicyclic) bond motifs is 1. The van der Waals surface area contributed by atoms with Crippen molar-refractivity contribution in [2.24, 2.45) is 11.3 Å². The summed E-state index contributed by atoms with van der Waals surface area (Å²) >= 11 is 0. The molecule has 1 fully saturated rings. The van der Waals surface area contributed by atoms with Gasteiger partial charge in [-0.25, -0.2) is 0 Å². The van der Waals surface area contributed by atoms with Crippen LogP contribution >= 0.6 is 0 Å². The molecule has 2 unspecified atom stereocenters. The van der Waals surface area contributed by atoms with Crippen LogP contribution in [-0.2, 0) is 5.41 Å². The molecule has 0 heterocycles. The van der Waals surface area contributed by atoms with Crippen molar-refractivity contribution in [2.75, 3.05) is 0 Å². The molecular formula is C18H22O. The van der Waals surface area contributed by atoms with Crippen molar-refractivity contribution in [2.45, 2.75) is 39.0 Å². The van der Waals surface area contributed by atoms with Crippen molar-refractivity contribution >= 4 is 0 Å². The number of phenols is 1. The molecule has 0 amide bonds. The van der Waals surface area contributed by atoms with E-state index in [-0.39, 0.29) is 10.8 Å². The molecule has 1 saturated carbocycles. The van der Waals surface area contributed by atoms with E-state index in [1.165, 1.54) is 12.0 Å². The highest BCUT2D eigenvalue weighted by Crippen LogP contribution is 2.59. The number of allylic oxidation sites excluding steroid dienone is 4. The van der Waals surface area contributed by atoms with Gasteiger partial charge in [0.25, 0.3) is 0 Å². The van der Waals surface area contributed by atoms with Crippen LogP contribution < -0.4 is 0 Å². The minimum absolute atomic E-state index is 0.174. The quantitative estimate of drug-likeness (QED) is 0.777. The van der Waals surface area contributed by atoms with Gasteiger partial charge in [-0.1, -0.05) is 56.7 Å². The van der Waals surface area contributed by atoms with Crippen LogP contribution in [0.5, 0.6) is 5.75 Å². The lowest BCUT2D eigenvalue weighted by Crippen LogP contribution is -2.27. The number of phenolic OH excluding ortho intramolecular Hbond substituents is 1. The lowest BCUT2D eigenvalue weighted by molar-refractivity contribution is 0.338. The molecule has 2 atom stereocenters. The number of benzene rings is 1. The summed E-state index contributed by atoms with van der Waals surface area (Å²) in [7, 11) is 0. The summed E-state index contributed by atoms with van der Waals surface area (Å²) in [6.45, 7) is 7.10. The van der Waals surface area contributed by atoms with E-state index in [1.807, 2.05) is 12.1 Å². The van der Waals surface area contributed by atoms with Gasteiger partial charge in [0.1, 0.15) is 5.75 Å². The van der Waals surface area contributed by atoms with Crippen LogP contribution in [0, 0.1) is 11.3 Å². The molecule has 0 bridgehead atoms. The number of hydrogen-bond acceptors (Lipinski definition) is 1. The zero-order valence-corrected chi connectivity index (χ0v) is 12.0. The van der Waals surface area contributed by atoms with Gasteiger partial charge in [0.2, 0.25) is 0 Å². The van der Waals surface area contributed by atoms with Crippen molar-refractivity contribution in [3.63, 3.8) is 0 Å². The van der Waals surface area contributed by atoms with Gasteiger partial charge in [-0.05, 0) is 41.9 Å². The molecule has 19 heavy (non-hydrogen) atoms. The van der Waals surface area contributed by atoms with Crippen molar-refractivity contribution in [1.82, 2.24) is 0 Å². The van der Waals surface area contributed by atoms with Gasteiger partial charge in [0, 0.05) is 5.41 Å². The van der Waals surface area contributed by atoms with Crippen LogP contribution in [0.3, 0.4) is 0 Å². The van der Waals surface area contributed by atoms with E-state index in [4.69, 9.17) is 0 Å². The summed E-state index contributed by atoms with van der Waals surface area (Å²) in [6.07, 6.45) is 9.11. The summed E-state index contributed by atoms with van der Waals surface area (Å²) in [4.78, 5) is 0. The average Bonchev–Trinajstić information content (AvgIpc) is 2.59. The largest absolute Gasteiger partial charge is 0.508 e. The Hall–Kier alpha value is -1.50. The first-order chi connectivity index (χ1) is 8.93. The van der Waals surface area contributed by atoms with E-state index >= 15 is 0 Å². The molecular weight excluding hydrogens is 232 g/mol. The maximum absolute atomic E-state index is 9.50. The van der Waals surface area contributed by atoms with Crippen molar-refractivity contribution in [1.29, 1.82) is 0 Å². The third kappa shape index (κ3) is 1.83. The van der Waals surface area contributed by atoms with Gasteiger partial charge >= 0.3 is 0 Å². The van der Waals surface area contributed by atoms with Crippen LogP contribution in [0.1, 0.15) is 39.2 Å². The fourth-order valence-corrected chi connectivity index (χ4v) is 4.22. The number of aromatic hydroxyl groups is 1. The summed E-state index contributed by atoms with van der Waals surface area (Å²) in [5.41, 5.74) is 3.38. The van der Waals surface area contributed by atoms with E-state index in [1.54, 1.807) is 5.57 Å². The highest BCUT2D eigenvalue weighted by atomic mass is 16.3. The molecule has 0 saturated heterocycles. The minimum Gasteiger partial charge on any atom is -0.508 e. The Balaban J connectivity index is 2.08. The second-order valence-electron chi connectivity index (χ2n) is 6.86. The van der Waals surface area contributed by atoms with Gasteiger partial charge < -0.3 is 5.11 Å². The standard InChI is InChI=1S/C18H22O/c1-17(2)12-18(3,13-8-10-14(19)11-9-13)16-7-5-4-6-15(16)17/h4-6,8-11,16,19H,7,12H2,1-3H3. The Kier molecular flexibility index (Phi) is 2.63. The van der Waals surface area contributed by atoms with Gasteiger partial charge in [-0.15, -0.1) is 0 Å². The molecule has 1 aromatic rings. The molecule has 1 aromatic carbocycles. The van der Waals surface area contributed by atoms with Crippen LogP contribution in [0.4, 0.5) is 0 Å². The molecule has 0 radical (unpaired) electrons. The summed E-state index contributed by atoms with van der Waals surface area (Å²) in [5, 5.41) is 9.50. The van der Waals surface area contributed by atoms with E-state index in [0.717, 1.165) is 6.42 Å². The normalized spacial score (nSPS) is 31.9. The zero-order valence-electron chi connectivity index (χ0n) is 12.0. The smallest absolute Gasteiger partial charge is 0.115 e. The van der Waals surface area contributed by atoms with E-state index in [0.29, 0.717) is 11.7 Å². The third-order valence-corrected chi connectivity index (χ3v) is 5.05. The SMILES string of the molecule is CC1(C)CC(C)(c2ccc(O)cc2)C2CC=CC=C21. The fourth-order valence-electron chi connectivity index (χ4n) is 4.22. The highest BCUT2D eigenvalue weighted by molar-refractivity contribution is 5.42. The van der Waals surface area contributed by atoms with Crippen LogP contribution in [0.15, 0.2) is 48.1 Å². The van der Waals surface area contributed by atoms with E-state index in [9.17, 15) is 5.11 Å². The van der Waals surface area contributed by atoms with Crippen LogP contribution in [0.2, 0.25) is 0 Å². The molecule has 0 aliphatic heterocycles. The number of hydrogen-bond donors (Lipinski definition) is 1. The predicted molar refractivity (Wildman–Crippen MR) is 79.2 cm³/mol. The lowest BCUT2D eigenvalue weighted by Gasteiger charge is -2.33. The Morgan fingerprint density at radius 2 is 1.79 bits per heavy atom. The van der Waals surface area contributed by atoms with Crippen molar-refractivity contribution in [3.8, 4) is 5.75 Å². The lowest BCUT2D eigenvalue weighted by atomic mass is 9.71. The Morgan fingerprint density at radius 3 is 2.47 bits per heavy atom. The summed E-state index contributed by atoms with van der Waals surface area (Å²) < 4.78 is 0. The summed E-state index contributed by atoms with van der Waals surface area (Å²) in [5.74, 6) is 0.945. The molecule has 0 aromatic heterocycles. The Morgan fingerprint density at radius 1 is 1.11 bits per heavy atom. The monoisotopic (exact) mass is 254 g/mol. The predicted octanol–water partition coefficient (Wildman–Crippen LogP) is 4.58. The maximum Gasteiger partial charge on any atom is 0.115 e. The second kappa shape index (κ2) is 4.00. The molecule has 3 rings (SSSR count). The molecule has 0 spiro atoms. The van der Waals surface area contributed by atoms with Crippen LogP contribution in [-0.4, -0.2) is 5.11 Å². The summed E-state index contributed by atoms with van der Waals surface area (Å²) in [6, 6.07) is 7.81. The third-order valence-electron chi connectivity index (χ3n) is 5.05. The van der Waals surface area contributed by atoms with Crippen molar-refractivity contribution < 1.29 is 5.11 Å². The molecule has 1 heteroatoms. The maximum atomic E-state index is 9.50. The first-order valence-corrected chi connectivity index (χ1v) is 7.10. The van der Waals surface area contributed by atoms with Gasteiger partial charge in [-0.2, -0.15) is 0 Å². The Bertz CT molecular complexity index is 548.